The molecular formula is C51H62ClN3O8. The molecule has 1 heterocycles. The van der Waals surface area contributed by atoms with E-state index in [9.17, 15) is 29.5 Å². The van der Waals surface area contributed by atoms with Gasteiger partial charge in [-0.15, -0.1) is 6.42 Å². The van der Waals surface area contributed by atoms with Gasteiger partial charge < -0.3 is 29.5 Å². The van der Waals surface area contributed by atoms with Crippen LogP contribution in [-0.2, 0) is 19.1 Å². The van der Waals surface area contributed by atoms with Crippen molar-refractivity contribution >= 4 is 35.0 Å². The highest BCUT2D eigenvalue weighted by atomic mass is 35.5. The first-order valence-electron chi connectivity index (χ1n) is 21.7. The molecule has 0 aromatic heterocycles. The highest BCUT2D eigenvalue weighted by Crippen LogP contribution is 2.61. The maximum absolute atomic E-state index is 14.0. The predicted molar refractivity (Wildman–Crippen MR) is 242 cm³/mol. The third-order valence-corrected chi connectivity index (χ3v) is 13.0. The summed E-state index contributed by atoms with van der Waals surface area (Å²) in [6, 6.07) is 20.0. The third-order valence-electron chi connectivity index (χ3n) is 12.7. The van der Waals surface area contributed by atoms with Gasteiger partial charge in [-0.2, -0.15) is 5.26 Å². The molecule has 2 N–H and O–H groups in total. The fraction of sp³-hybridized carbons (Fsp3) is 0.510. The van der Waals surface area contributed by atoms with E-state index in [1.54, 1.807) is 42.5 Å². The van der Waals surface area contributed by atoms with Gasteiger partial charge in [0.15, 0.2) is 11.6 Å². The van der Waals surface area contributed by atoms with E-state index < -0.39 is 35.4 Å². The van der Waals surface area contributed by atoms with E-state index in [0.717, 1.165) is 11.1 Å². The topological polar surface area (TPSA) is 155 Å². The van der Waals surface area contributed by atoms with E-state index in [-0.39, 0.29) is 66.3 Å². The van der Waals surface area contributed by atoms with Gasteiger partial charge in [-0.3, -0.25) is 19.2 Å². The first kappa shape index (κ1) is 48.8. The normalized spacial score (nSPS) is 20.9. The summed E-state index contributed by atoms with van der Waals surface area (Å²) in [5.41, 5.74) is 1.45. The second kappa shape index (κ2) is 20.5. The van der Waals surface area contributed by atoms with E-state index >= 15 is 0 Å². The van der Waals surface area contributed by atoms with Crippen LogP contribution in [0.25, 0.3) is 0 Å². The van der Waals surface area contributed by atoms with Gasteiger partial charge in [0.25, 0.3) is 0 Å². The number of nitrogens with one attached hydrogen (secondary N) is 1. The van der Waals surface area contributed by atoms with Gasteiger partial charge in [0.1, 0.15) is 36.3 Å². The number of ketones is 2. The lowest BCUT2D eigenvalue weighted by Crippen LogP contribution is -2.66. The minimum absolute atomic E-state index is 0.0122. The lowest BCUT2D eigenvalue weighted by molar-refractivity contribution is -0.196. The molecule has 4 atom stereocenters. The Kier molecular flexibility index (Phi) is 15.9. The summed E-state index contributed by atoms with van der Waals surface area (Å²) < 4.78 is 17.9. The Morgan fingerprint density at radius 1 is 0.968 bits per heavy atom. The van der Waals surface area contributed by atoms with Gasteiger partial charge in [0.2, 0.25) is 11.8 Å². The van der Waals surface area contributed by atoms with Gasteiger partial charge in [-0.05, 0) is 84.2 Å². The van der Waals surface area contributed by atoms with E-state index in [1.165, 1.54) is 4.90 Å². The number of hydrogen-bond acceptors (Lipinski definition) is 9. The van der Waals surface area contributed by atoms with E-state index in [0.29, 0.717) is 60.1 Å². The molecule has 1 aliphatic carbocycles. The van der Waals surface area contributed by atoms with Gasteiger partial charge in [-0.25, -0.2) is 0 Å². The van der Waals surface area contributed by atoms with Crippen LogP contribution in [0.15, 0.2) is 66.7 Å². The SMILES string of the molecule is C#Cc1ccc([C@H](C)CC(=O)[C@@H]2C[C@@H](O)CN2C(=O)[C@@H](NC(=O)COCCCCOc2ccc(C(=O)CC3C(C)(C)C(Oc4ccc(C#N)c(Cl)c4)C3(C)C)cc2)C(C)(C)C)cc1. The number of likely N-dealkylation sites (tertiary alicyclic amines) is 1. The van der Waals surface area contributed by atoms with Crippen molar-refractivity contribution in [3.05, 3.63) is 94.0 Å². The molecule has 0 bridgehead atoms. The monoisotopic (exact) mass is 879 g/mol. The Balaban J connectivity index is 1.02. The van der Waals surface area contributed by atoms with Crippen molar-refractivity contribution in [1.29, 1.82) is 5.26 Å². The molecule has 63 heavy (non-hydrogen) atoms. The highest BCUT2D eigenvalue weighted by Gasteiger charge is 2.63. The molecule has 2 amide bonds. The van der Waals surface area contributed by atoms with Crippen LogP contribution < -0.4 is 14.8 Å². The van der Waals surface area contributed by atoms with Crippen LogP contribution in [0.5, 0.6) is 11.5 Å². The minimum atomic E-state index is -0.941. The molecule has 1 saturated heterocycles. The molecule has 12 heteroatoms. The number of amides is 2. The fourth-order valence-corrected chi connectivity index (χ4v) is 9.57. The Hall–Kier alpha value is -5.20. The maximum atomic E-state index is 14.0. The smallest absolute Gasteiger partial charge is 0.246 e. The van der Waals surface area contributed by atoms with Crippen LogP contribution in [-0.4, -0.2) is 84.0 Å². The minimum Gasteiger partial charge on any atom is -0.494 e. The Morgan fingerprint density at radius 2 is 1.60 bits per heavy atom. The van der Waals surface area contributed by atoms with E-state index in [2.05, 4.69) is 45.0 Å². The average Bonchev–Trinajstić information content (AvgIpc) is 3.64. The number of aliphatic hydroxyl groups is 1. The van der Waals surface area contributed by atoms with Crippen LogP contribution in [0.3, 0.4) is 0 Å². The molecule has 3 aromatic carbocycles. The number of aliphatic hydroxyl groups excluding tert-OH is 1. The summed E-state index contributed by atoms with van der Waals surface area (Å²) in [5, 5.41) is 22.9. The van der Waals surface area contributed by atoms with Crippen molar-refractivity contribution < 1.29 is 38.5 Å². The van der Waals surface area contributed by atoms with Crippen molar-refractivity contribution in [1.82, 2.24) is 10.2 Å². The van der Waals surface area contributed by atoms with Crippen LogP contribution in [0.2, 0.25) is 5.02 Å². The lowest BCUT2D eigenvalue weighted by atomic mass is 9.44. The van der Waals surface area contributed by atoms with Crippen molar-refractivity contribution in [3.8, 4) is 29.9 Å². The molecule has 3 aromatic rings. The molecule has 0 radical (unpaired) electrons. The first-order valence-corrected chi connectivity index (χ1v) is 22.1. The van der Waals surface area contributed by atoms with Gasteiger partial charge in [-0.1, -0.05) is 85.0 Å². The summed E-state index contributed by atoms with van der Waals surface area (Å²) >= 11 is 6.24. The molecule has 2 fully saturated rings. The molecule has 336 valence electrons. The number of rotatable bonds is 19. The molecule has 5 rings (SSSR count). The number of carbonyl (C=O) groups is 4. The number of nitriles is 1. The Bertz CT molecular complexity index is 2180. The van der Waals surface area contributed by atoms with Gasteiger partial charge >= 0.3 is 0 Å². The molecule has 11 nitrogen and oxygen atoms in total. The highest BCUT2D eigenvalue weighted by molar-refractivity contribution is 6.31. The zero-order chi connectivity index (χ0) is 46.3. The molecule has 0 spiro atoms. The van der Waals surface area contributed by atoms with Crippen LogP contribution >= 0.6 is 11.6 Å². The number of terminal acetylenes is 1. The van der Waals surface area contributed by atoms with Crippen molar-refractivity contribution in [3.63, 3.8) is 0 Å². The van der Waals surface area contributed by atoms with Gasteiger partial charge in [0.05, 0.1) is 29.3 Å². The Labute approximate surface area is 377 Å². The number of β-amino-alcohol motifs (C(OH)–C–C–N with tert-alkyl or cyclic N) is 1. The maximum Gasteiger partial charge on any atom is 0.246 e. The fourth-order valence-electron chi connectivity index (χ4n) is 9.36. The summed E-state index contributed by atoms with van der Waals surface area (Å²) in [6.45, 7) is 16.4. The summed E-state index contributed by atoms with van der Waals surface area (Å²) in [7, 11) is 0. The molecule has 2 aliphatic rings. The quantitative estimate of drug-likeness (QED) is 0.0687. The zero-order valence-corrected chi connectivity index (χ0v) is 38.6. The third kappa shape index (κ3) is 11.9. The molecular weight excluding hydrogens is 818 g/mol. The van der Waals surface area contributed by atoms with Crippen LogP contribution in [0.1, 0.15) is 120 Å². The molecule has 1 saturated carbocycles. The van der Waals surface area contributed by atoms with Crippen molar-refractivity contribution in [2.24, 2.45) is 22.2 Å². The first-order chi connectivity index (χ1) is 29.7. The number of halogens is 1. The second-order valence-electron chi connectivity index (χ2n) is 19.3. The number of hydrogen-bond donors (Lipinski definition) is 2. The number of benzene rings is 3. The van der Waals surface area contributed by atoms with Crippen molar-refractivity contribution in [2.45, 2.75) is 118 Å². The summed E-state index contributed by atoms with van der Waals surface area (Å²) in [6.07, 6.45) is 6.47. The summed E-state index contributed by atoms with van der Waals surface area (Å²) in [4.78, 5) is 55.4. The average molecular weight is 881 g/mol. The number of carbonyl (C=O) groups excluding carboxylic acids is 4. The molecule has 1 aliphatic heterocycles. The van der Waals surface area contributed by atoms with Crippen molar-refractivity contribution in [2.75, 3.05) is 26.4 Å². The standard InChI is InChI=1S/C51H62ClN3O8/c1-10-33-13-15-34(16-14-33)32(2)25-43(58)41-26-37(56)30-55(41)47(60)46(49(3,4)5)54-45(59)31-61-23-11-12-24-62-38-20-17-35(18-21-38)42(57)28-44-50(6,7)48(51(44,8)9)63-39-22-19-36(29-53)40(52)27-39/h1,13-22,27,32,37,41,44,46,48,56H,11-12,23-26,28,30-31H2,2-9H3,(H,54,59)/t32-,37-,41+,44?,46-,48?/m1/s1. The lowest BCUT2D eigenvalue weighted by Gasteiger charge is -2.63. The largest absolute Gasteiger partial charge is 0.494 e. The summed E-state index contributed by atoms with van der Waals surface area (Å²) in [5.74, 6) is 2.82. The Morgan fingerprint density at radius 3 is 2.21 bits per heavy atom. The second-order valence-corrected chi connectivity index (χ2v) is 19.7. The number of nitrogens with zero attached hydrogens (tertiary/aromatic N) is 2. The van der Waals surface area contributed by atoms with E-state index in [4.69, 9.17) is 32.2 Å². The predicted octanol–water partition coefficient (Wildman–Crippen LogP) is 8.33. The zero-order valence-electron chi connectivity index (χ0n) is 37.8. The van der Waals surface area contributed by atoms with Gasteiger partial charge in [0, 0.05) is 60.4 Å². The van der Waals surface area contributed by atoms with Crippen LogP contribution in [0, 0.1) is 45.8 Å². The molecule has 0 unspecified atom stereocenters. The number of unbranched alkanes of at least 4 members (excludes halogenated alkanes) is 1. The number of ether oxygens (including phenoxy) is 3. The number of Topliss-reactive ketones (excluding diaryl/α,β-unsaturated/α-hetero) is 2. The van der Waals surface area contributed by atoms with Crippen LogP contribution in [0.4, 0.5) is 0 Å². The van der Waals surface area contributed by atoms with E-state index in [1.807, 2.05) is 52.0 Å².